The fourth-order valence-electron chi connectivity index (χ4n) is 1.36. The van der Waals surface area contributed by atoms with E-state index in [4.69, 9.17) is 9.05 Å². The van der Waals surface area contributed by atoms with Gasteiger partial charge in [-0.1, -0.05) is 25.0 Å². The number of hydrogen-bond acceptors (Lipinski definition) is 3. The van der Waals surface area contributed by atoms with Gasteiger partial charge in [0.05, 0.1) is 27.2 Å². The Hall–Kier alpha value is -0.635. The van der Waals surface area contributed by atoms with Crippen LogP contribution in [0.4, 0.5) is 4.39 Å². The first kappa shape index (κ1) is 17.4. The van der Waals surface area contributed by atoms with Gasteiger partial charge in [-0.25, -0.2) is 4.39 Å². The van der Waals surface area contributed by atoms with E-state index in [1.807, 2.05) is 0 Å². The Kier molecular flexibility index (Phi) is 8.99. The Morgan fingerprint density at radius 3 is 2.11 bits per heavy atom. The van der Waals surface area contributed by atoms with E-state index in [-0.39, 0.29) is 25.2 Å². The Morgan fingerprint density at radius 1 is 1.17 bits per heavy atom. The molecular formula is C12H19BFO3P. The topological polar surface area (TPSA) is 35.5 Å². The lowest BCUT2D eigenvalue weighted by molar-refractivity contribution is 0.219. The number of hydrogen-bond donors (Lipinski definition) is 0. The van der Waals surface area contributed by atoms with Gasteiger partial charge in [0.25, 0.3) is 0 Å². The van der Waals surface area contributed by atoms with Crippen LogP contribution in [0.2, 0.25) is 6.82 Å². The Labute approximate surface area is 110 Å². The summed E-state index contributed by atoms with van der Waals surface area (Å²) in [4.78, 5) is 0. The third-order valence-corrected chi connectivity index (χ3v) is 4.00. The molecule has 0 amide bonds. The van der Waals surface area contributed by atoms with E-state index in [9.17, 15) is 8.96 Å². The second kappa shape index (κ2) is 9.32. The summed E-state index contributed by atoms with van der Waals surface area (Å²) in [5, 5.41) is 0. The summed E-state index contributed by atoms with van der Waals surface area (Å²) in [5.74, 6) is -0.387. The predicted molar refractivity (Wildman–Crippen MR) is 72.6 cm³/mol. The molecule has 0 fully saturated rings. The lowest BCUT2D eigenvalue weighted by Gasteiger charge is -2.17. The van der Waals surface area contributed by atoms with Crippen LogP contribution in [0.15, 0.2) is 24.3 Å². The minimum absolute atomic E-state index is 0.0264. The molecule has 1 rings (SSSR count). The van der Waals surface area contributed by atoms with Crippen molar-refractivity contribution in [3.8, 4) is 0 Å². The second-order valence-corrected chi connectivity index (χ2v) is 5.25. The van der Waals surface area contributed by atoms with E-state index in [1.54, 1.807) is 32.0 Å². The first-order valence-electron chi connectivity index (χ1n) is 5.80. The van der Waals surface area contributed by atoms with Gasteiger partial charge in [0.2, 0.25) is 0 Å². The molecule has 0 spiro atoms. The fourth-order valence-corrected chi connectivity index (χ4v) is 3.07. The van der Waals surface area contributed by atoms with Crippen LogP contribution in [-0.2, 0) is 19.8 Å². The van der Waals surface area contributed by atoms with Crippen molar-refractivity contribution in [2.45, 2.75) is 26.8 Å². The molecule has 0 aliphatic heterocycles. The molecule has 0 bridgehead atoms. The number of rotatable bonds is 6. The largest absolute Gasteiger partial charge is 0.335 e. The summed E-state index contributed by atoms with van der Waals surface area (Å²) in [6, 6.07) is 6.20. The van der Waals surface area contributed by atoms with Crippen LogP contribution in [0.3, 0.4) is 0 Å². The highest BCUT2D eigenvalue weighted by Crippen LogP contribution is 2.51. The van der Waals surface area contributed by atoms with E-state index in [0.717, 1.165) is 0 Å². The highest BCUT2D eigenvalue weighted by Gasteiger charge is 2.25. The average molecular weight is 272 g/mol. The lowest BCUT2D eigenvalue weighted by Crippen LogP contribution is -2.00. The van der Waals surface area contributed by atoms with E-state index in [1.165, 1.54) is 12.9 Å². The van der Waals surface area contributed by atoms with Gasteiger partial charge in [0, 0.05) is 0 Å². The van der Waals surface area contributed by atoms with Gasteiger partial charge in [-0.05, 0) is 25.5 Å². The molecule has 18 heavy (non-hydrogen) atoms. The van der Waals surface area contributed by atoms with Gasteiger partial charge in [-0.2, -0.15) is 0 Å². The lowest BCUT2D eigenvalue weighted by atomic mass is 10.2. The summed E-state index contributed by atoms with van der Waals surface area (Å²) < 4.78 is 35.7. The zero-order valence-corrected chi connectivity index (χ0v) is 12.0. The molecule has 0 aliphatic carbocycles. The van der Waals surface area contributed by atoms with Gasteiger partial charge in [0.1, 0.15) is 5.82 Å². The van der Waals surface area contributed by atoms with Gasteiger partial charge in [0.15, 0.2) is 0 Å². The molecule has 0 N–H and O–H groups in total. The quantitative estimate of drug-likeness (QED) is 0.583. The van der Waals surface area contributed by atoms with Crippen molar-refractivity contribution in [1.82, 2.24) is 0 Å². The first-order chi connectivity index (χ1) is 8.61. The summed E-state index contributed by atoms with van der Waals surface area (Å²) in [6.07, 6.45) is -0.0264. The predicted octanol–water partition coefficient (Wildman–Crippen LogP) is 3.79. The molecule has 0 saturated heterocycles. The fraction of sp³-hybridized carbons (Fsp3) is 0.500. The Morgan fingerprint density at radius 2 is 1.67 bits per heavy atom. The van der Waals surface area contributed by atoms with Crippen LogP contribution < -0.4 is 0 Å². The molecule has 0 aromatic heterocycles. The van der Waals surface area contributed by atoms with Crippen LogP contribution in [0.25, 0.3) is 0 Å². The minimum Gasteiger partial charge on any atom is -0.309 e. The first-order valence-corrected chi connectivity index (χ1v) is 7.53. The van der Waals surface area contributed by atoms with E-state index < -0.39 is 7.60 Å². The molecule has 0 saturated carbocycles. The molecule has 2 radical (unpaired) electrons. The summed E-state index contributed by atoms with van der Waals surface area (Å²) in [5.41, 5.74) is 0.354. The van der Waals surface area contributed by atoms with E-state index in [2.05, 4.69) is 7.85 Å². The van der Waals surface area contributed by atoms with Crippen LogP contribution >= 0.6 is 7.60 Å². The van der Waals surface area contributed by atoms with E-state index >= 15 is 0 Å². The van der Waals surface area contributed by atoms with Gasteiger partial charge in [-0.3, -0.25) is 4.57 Å². The molecule has 0 unspecified atom stereocenters. The smallest absolute Gasteiger partial charge is 0.309 e. The highest BCUT2D eigenvalue weighted by atomic mass is 31.2. The highest BCUT2D eigenvalue weighted by molar-refractivity contribution is 7.53. The molecule has 3 nitrogen and oxygen atoms in total. The van der Waals surface area contributed by atoms with Crippen LogP contribution in [0, 0.1) is 5.82 Å². The van der Waals surface area contributed by atoms with Crippen molar-refractivity contribution in [1.29, 1.82) is 0 Å². The van der Waals surface area contributed by atoms with Crippen molar-refractivity contribution in [2.24, 2.45) is 0 Å². The molecule has 0 atom stereocenters. The average Bonchev–Trinajstić information content (AvgIpc) is 2.35. The summed E-state index contributed by atoms with van der Waals surface area (Å²) in [7, 11) is 1.29. The number of halogens is 1. The summed E-state index contributed by atoms with van der Waals surface area (Å²) >= 11 is 0. The molecule has 1 aromatic rings. The molecule has 0 heterocycles. The zero-order valence-electron chi connectivity index (χ0n) is 11.1. The molecule has 6 heteroatoms. The van der Waals surface area contributed by atoms with Crippen LogP contribution in [0.1, 0.15) is 19.4 Å². The monoisotopic (exact) mass is 272 g/mol. The molecule has 1 aromatic carbocycles. The van der Waals surface area contributed by atoms with Crippen LogP contribution in [-0.4, -0.2) is 21.1 Å². The third kappa shape index (κ3) is 5.81. The van der Waals surface area contributed by atoms with Gasteiger partial charge < -0.3 is 9.05 Å². The Bertz CT molecular complexity index is 377. The zero-order chi connectivity index (χ0) is 14.0. The van der Waals surface area contributed by atoms with Crippen molar-refractivity contribution in [3.05, 3.63) is 35.6 Å². The third-order valence-electron chi connectivity index (χ3n) is 1.97. The van der Waals surface area contributed by atoms with Gasteiger partial charge in [-0.15, -0.1) is 0 Å². The van der Waals surface area contributed by atoms with Crippen molar-refractivity contribution >= 4 is 15.4 Å². The molecule has 0 aliphatic rings. The maximum absolute atomic E-state index is 13.4. The number of benzene rings is 1. The van der Waals surface area contributed by atoms with E-state index in [0.29, 0.717) is 5.56 Å². The van der Waals surface area contributed by atoms with Crippen molar-refractivity contribution < 1.29 is 18.0 Å². The molecule has 100 valence electrons. The maximum Gasteiger partial charge on any atom is 0.335 e. The maximum atomic E-state index is 13.4. The van der Waals surface area contributed by atoms with Gasteiger partial charge >= 0.3 is 7.60 Å². The molecular weight excluding hydrogens is 253 g/mol. The van der Waals surface area contributed by atoms with Crippen molar-refractivity contribution in [2.75, 3.05) is 13.2 Å². The minimum atomic E-state index is -3.21. The SMILES string of the molecule is CCOP(=O)(Cc1ccccc1F)OCC.[B]C. The second-order valence-electron chi connectivity index (χ2n) is 3.20. The van der Waals surface area contributed by atoms with Crippen LogP contribution in [0.5, 0.6) is 0 Å². The normalized spacial score (nSPS) is 10.7. The van der Waals surface area contributed by atoms with Crippen molar-refractivity contribution in [3.63, 3.8) is 0 Å². The standard InChI is InChI=1S/C11H16FO3P.CH3B/c1-3-14-16(13,15-4-2)9-10-7-5-6-8-11(10)12;1-2/h5-8H,3-4,9H2,1-2H3;1H3. The Balaban J connectivity index is 0.00000137. The summed E-state index contributed by atoms with van der Waals surface area (Å²) in [6.45, 7) is 5.53.